The lowest BCUT2D eigenvalue weighted by Gasteiger charge is -2.41. The van der Waals surface area contributed by atoms with Gasteiger partial charge < -0.3 is 5.11 Å². The predicted molar refractivity (Wildman–Crippen MR) is 86.9 cm³/mol. The number of aliphatic hydroxyl groups is 1. The number of imidazole rings is 1. The summed E-state index contributed by atoms with van der Waals surface area (Å²) in [6.45, 7) is 6.54. The standard InChI is InChI=1S/C16H25N3OS/c1-16(2,19-7-5-3-4-6-8-19)14(20)11-13-12-18-9-10-21-15(18)17-13/h9-10,12,14,20H,3-8,11H2,1-2H3. The van der Waals surface area contributed by atoms with E-state index in [9.17, 15) is 5.11 Å². The predicted octanol–water partition coefficient (Wildman–Crippen LogP) is 2.95. The van der Waals surface area contributed by atoms with Crippen molar-refractivity contribution < 1.29 is 5.11 Å². The van der Waals surface area contributed by atoms with E-state index in [1.54, 1.807) is 11.3 Å². The van der Waals surface area contributed by atoms with Gasteiger partial charge in [-0.2, -0.15) is 0 Å². The van der Waals surface area contributed by atoms with E-state index in [-0.39, 0.29) is 11.6 Å². The van der Waals surface area contributed by atoms with Crippen LogP contribution in [0.4, 0.5) is 0 Å². The molecule has 2 aromatic heterocycles. The molecule has 0 saturated carbocycles. The molecule has 0 aromatic carbocycles. The van der Waals surface area contributed by atoms with Gasteiger partial charge in [0.1, 0.15) is 0 Å². The summed E-state index contributed by atoms with van der Waals surface area (Å²) in [5.74, 6) is 0. The SMILES string of the molecule is CC(C)(C(O)Cc1cn2ccsc2n1)N1CCCCCC1. The summed E-state index contributed by atoms with van der Waals surface area (Å²) in [7, 11) is 0. The lowest BCUT2D eigenvalue weighted by molar-refractivity contribution is -0.00828. The van der Waals surface area contributed by atoms with Crippen LogP contribution >= 0.6 is 11.3 Å². The first-order valence-corrected chi connectivity index (χ1v) is 8.79. The van der Waals surface area contributed by atoms with Crippen molar-refractivity contribution >= 4 is 16.3 Å². The second-order valence-electron chi connectivity index (χ2n) is 6.60. The maximum absolute atomic E-state index is 10.7. The molecule has 2 aromatic rings. The molecule has 21 heavy (non-hydrogen) atoms. The zero-order chi connectivity index (χ0) is 14.9. The fourth-order valence-electron chi connectivity index (χ4n) is 3.18. The van der Waals surface area contributed by atoms with Gasteiger partial charge in [-0.3, -0.25) is 9.30 Å². The first-order chi connectivity index (χ1) is 10.1. The average Bonchev–Trinajstić information content (AvgIpc) is 2.89. The Bertz CT molecular complexity index is 553. The molecule has 1 aliphatic heterocycles. The van der Waals surface area contributed by atoms with Gasteiger partial charge in [-0.1, -0.05) is 12.8 Å². The van der Waals surface area contributed by atoms with Crippen molar-refractivity contribution in [3.8, 4) is 0 Å². The first kappa shape index (κ1) is 15.0. The van der Waals surface area contributed by atoms with Gasteiger partial charge >= 0.3 is 0 Å². The van der Waals surface area contributed by atoms with Gasteiger partial charge in [-0.05, 0) is 39.8 Å². The minimum Gasteiger partial charge on any atom is -0.391 e. The number of aliphatic hydroxyl groups excluding tert-OH is 1. The Hall–Kier alpha value is -0.910. The van der Waals surface area contributed by atoms with Crippen molar-refractivity contribution in [2.24, 2.45) is 0 Å². The lowest BCUT2D eigenvalue weighted by atomic mass is 9.91. The van der Waals surface area contributed by atoms with Crippen LogP contribution < -0.4 is 0 Å². The third kappa shape index (κ3) is 3.15. The Balaban J connectivity index is 1.70. The summed E-state index contributed by atoms with van der Waals surface area (Å²) in [4.78, 5) is 8.06. The molecule has 0 radical (unpaired) electrons. The van der Waals surface area contributed by atoms with E-state index in [0.29, 0.717) is 6.42 Å². The second kappa shape index (κ2) is 6.07. The van der Waals surface area contributed by atoms with Gasteiger partial charge in [-0.25, -0.2) is 4.98 Å². The smallest absolute Gasteiger partial charge is 0.193 e. The average molecular weight is 307 g/mol. The third-order valence-electron chi connectivity index (χ3n) is 4.78. The summed E-state index contributed by atoms with van der Waals surface area (Å²) < 4.78 is 2.03. The summed E-state index contributed by atoms with van der Waals surface area (Å²) in [5.41, 5.74) is 0.790. The molecule has 3 rings (SSSR count). The largest absolute Gasteiger partial charge is 0.391 e. The summed E-state index contributed by atoms with van der Waals surface area (Å²) >= 11 is 1.63. The number of likely N-dealkylation sites (tertiary alicyclic amines) is 1. The van der Waals surface area contributed by atoms with E-state index in [4.69, 9.17) is 0 Å². The molecule has 0 spiro atoms. The van der Waals surface area contributed by atoms with Crippen LogP contribution in [-0.4, -0.2) is 44.1 Å². The van der Waals surface area contributed by atoms with Crippen molar-refractivity contribution in [3.05, 3.63) is 23.5 Å². The van der Waals surface area contributed by atoms with E-state index in [0.717, 1.165) is 23.7 Å². The maximum Gasteiger partial charge on any atom is 0.193 e. The minimum atomic E-state index is -0.389. The quantitative estimate of drug-likeness (QED) is 0.944. The highest BCUT2D eigenvalue weighted by Gasteiger charge is 2.34. The van der Waals surface area contributed by atoms with E-state index in [1.165, 1.54) is 25.7 Å². The fourth-order valence-corrected chi connectivity index (χ4v) is 3.90. The Morgan fingerprint density at radius 3 is 2.67 bits per heavy atom. The second-order valence-corrected chi connectivity index (χ2v) is 7.47. The molecule has 3 heterocycles. The molecule has 1 atom stereocenters. The van der Waals surface area contributed by atoms with Crippen molar-refractivity contribution in [3.63, 3.8) is 0 Å². The first-order valence-electron chi connectivity index (χ1n) is 7.91. The summed E-state index contributed by atoms with van der Waals surface area (Å²) in [6.07, 6.45) is 9.42. The molecule has 1 aliphatic rings. The summed E-state index contributed by atoms with van der Waals surface area (Å²) in [6, 6.07) is 0. The normalized spacial score (nSPS) is 19.8. The van der Waals surface area contributed by atoms with Crippen LogP contribution in [-0.2, 0) is 6.42 Å². The minimum absolute atomic E-state index is 0.193. The number of aromatic nitrogens is 2. The van der Waals surface area contributed by atoms with E-state index in [1.807, 2.05) is 22.2 Å². The van der Waals surface area contributed by atoms with E-state index >= 15 is 0 Å². The van der Waals surface area contributed by atoms with Crippen LogP contribution in [0.1, 0.15) is 45.2 Å². The van der Waals surface area contributed by atoms with Gasteiger partial charge in [0.2, 0.25) is 0 Å². The summed E-state index contributed by atoms with van der Waals surface area (Å²) in [5, 5.41) is 12.8. The molecule has 116 valence electrons. The van der Waals surface area contributed by atoms with Crippen LogP contribution in [0.15, 0.2) is 17.8 Å². The van der Waals surface area contributed by atoms with Crippen LogP contribution in [0.5, 0.6) is 0 Å². The Labute approximate surface area is 130 Å². The highest BCUT2D eigenvalue weighted by atomic mass is 32.1. The van der Waals surface area contributed by atoms with Crippen LogP contribution in [0.25, 0.3) is 4.96 Å². The molecule has 1 N–H and O–H groups in total. The highest BCUT2D eigenvalue weighted by molar-refractivity contribution is 7.15. The topological polar surface area (TPSA) is 40.8 Å². The lowest BCUT2D eigenvalue weighted by Crippen LogP contribution is -2.53. The van der Waals surface area contributed by atoms with Crippen molar-refractivity contribution in [2.75, 3.05) is 13.1 Å². The number of thiazole rings is 1. The number of hydrogen-bond donors (Lipinski definition) is 1. The molecule has 5 heteroatoms. The molecular weight excluding hydrogens is 282 g/mol. The molecule has 4 nitrogen and oxygen atoms in total. The molecule has 0 bridgehead atoms. The van der Waals surface area contributed by atoms with Crippen molar-refractivity contribution in [1.82, 2.24) is 14.3 Å². The molecule has 0 aliphatic carbocycles. The number of fused-ring (bicyclic) bond motifs is 1. The van der Waals surface area contributed by atoms with Gasteiger partial charge in [0, 0.05) is 29.7 Å². The molecular formula is C16H25N3OS. The van der Waals surface area contributed by atoms with E-state index < -0.39 is 0 Å². The molecule has 0 amide bonds. The molecule has 1 fully saturated rings. The van der Waals surface area contributed by atoms with Gasteiger partial charge in [0.15, 0.2) is 4.96 Å². The third-order valence-corrected chi connectivity index (χ3v) is 5.55. The van der Waals surface area contributed by atoms with Gasteiger partial charge in [0.05, 0.1) is 11.8 Å². The van der Waals surface area contributed by atoms with Crippen molar-refractivity contribution in [2.45, 2.75) is 57.6 Å². The number of nitrogens with zero attached hydrogens (tertiary/aromatic N) is 3. The zero-order valence-corrected chi connectivity index (χ0v) is 13.8. The number of rotatable bonds is 4. The van der Waals surface area contributed by atoms with Crippen molar-refractivity contribution in [1.29, 1.82) is 0 Å². The highest BCUT2D eigenvalue weighted by Crippen LogP contribution is 2.25. The van der Waals surface area contributed by atoms with Crippen LogP contribution in [0.2, 0.25) is 0 Å². The Morgan fingerprint density at radius 2 is 2.00 bits per heavy atom. The van der Waals surface area contributed by atoms with E-state index in [2.05, 4.69) is 23.7 Å². The Morgan fingerprint density at radius 1 is 1.29 bits per heavy atom. The number of hydrogen-bond acceptors (Lipinski definition) is 4. The van der Waals surface area contributed by atoms with Gasteiger partial charge in [-0.15, -0.1) is 11.3 Å². The Kier molecular flexibility index (Phi) is 4.33. The zero-order valence-electron chi connectivity index (χ0n) is 13.0. The maximum atomic E-state index is 10.7. The fraction of sp³-hybridized carbons (Fsp3) is 0.688. The van der Waals surface area contributed by atoms with Crippen LogP contribution in [0, 0.1) is 0 Å². The van der Waals surface area contributed by atoms with Crippen LogP contribution in [0.3, 0.4) is 0 Å². The monoisotopic (exact) mass is 307 g/mol. The molecule has 1 unspecified atom stereocenters. The van der Waals surface area contributed by atoms with Gasteiger partial charge in [0.25, 0.3) is 0 Å². The molecule has 1 saturated heterocycles.